The highest BCUT2D eigenvalue weighted by Gasteiger charge is 2.16. The van der Waals surface area contributed by atoms with Crippen molar-refractivity contribution in [2.24, 2.45) is 0 Å². The van der Waals surface area contributed by atoms with E-state index in [0.29, 0.717) is 30.4 Å². The smallest absolute Gasteiger partial charge is 0.272 e. The molecule has 0 atom stereocenters. The first-order valence-electron chi connectivity index (χ1n) is 9.50. The Balaban J connectivity index is 1.89. The van der Waals surface area contributed by atoms with E-state index in [2.05, 4.69) is 27.2 Å². The minimum atomic E-state index is -0.0996. The molecule has 0 aliphatic heterocycles. The fourth-order valence-electron chi connectivity index (χ4n) is 2.75. The Morgan fingerprint density at radius 3 is 2.64 bits per heavy atom. The van der Waals surface area contributed by atoms with Crippen LogP contribution < -0.4 is 5.32 Å². The number of pyridine rings is 1. The van der Waals surface area contributed by atoms with Gasteiger partial charge in [-0.15, -0.1) is 0 Å². The summed E-state index contributed by atoms with van der Waals surface area (Å²) in [4.78, 5) is 27.8. The van der Waals surface area contributed by atoms with Crippen molar-refractivity contribution < 1.29 is 4.79 Å². The molecule has 6 heteroatoms. The van der Waals surface area contributed by atoms with Gasteiger partial charge in [0.1, 0.15) is 11.5 Å². The summed E-state index contributed by atoms with van der Waals surface area (Å²) < 4.78 is 0. The molecule has 0 bridgehead atoms. The first kappa shape index (κ1) is 19.5. The quantitative estimate of drug-likeness (QED) is 0.644. The second-order valence-corrected chi connectivity index (χ2v) is 6.62. The van der Waals surface area contributed by atoms with E-state index in [0.717, 1.165) is 24.0 Å². The average molecular weight is 375 g/mol. The number of nitrogens with zero attached hydrogens (tertiary/aromatic N) is 4. The second kappa shape index (κ2) is 9.60. The SMILES string of the molecule is CCCCN(C)C(=O)c1cc(NCc2cccnc2)nc(-c2ccccc2)n1. The Kier molecular flexibility index (Phi) is 6.68. The van der Waals surface area contributed by atoms with Crippen molar-refractivity contribution in [3.05, 3.63) is 72.2 Å². The Hall–Kier alpha value is -3.28. The van der Waals surface area contributed by atoms with Gasteiger partial charge < -0.3 is 10.2 Å². The summed E-state index contributed by atoms with van der Waals surface area (Å²) in [6.07, 6.45) is 5.54. The van der Waals surface area contributed by atoms with Gasteiger partial charge in [0.2, 0.25) is 0 Å². The number of unbranched alkanes of at least 4 members (excludes halogenated alkanes) is 1. The molecule has 2 aromatic heterocycles. The van der Waals surface area contributed by atoms with Gasteiger partial charge in [0, 0.05) is 44.2 Å². The molecule has 1 N–H and O–H groups in total. The highest BCUT2D eigenvalue weighted by molar-refractivity contribution is 5.93. The lowest BCUT2D eigenvalue weighted by Gasteiger charge is -2.17. The number of carbonyl (C=O) groups is 1. The van der Waals surface area contributed by atoms with Gasteiger partial charge in [0.15, 0.2) is 5.82 Å². The predicted molar refractivity (Wildman–Crippen MR) is 111 cm³/mol. The molecule has 28 heavy (non-hydrogen) atoms. The van der Waals surface area contributed by atoms with Crippen molar-refractivity contribution in [1.29, 1.82) is 0 Å². The van der Waals surface area contributed by atoms with Crippen LogP contribution in [0.1, 0.15) is 35.8 Å². The van der Waals surface area contributed by atoms with Gasteiger partial charge in [0.25, 0.3) is 5.91 Å². The normalized spacial score (nSPS) is 10.5. The fourth-order valence-corrected chi connectivity index (χ4v) is 2.75. The molecule has 0 spiro atoms. The second-order valence-electron chi connectivity index (χ2n) is 6.62. The summed E-state index contributed by atoms with van der Waals surface area (Å²) in [6, 6.07) is 15.3. The highest BCUT2D eigenvalue weighted by atomic mass is 16.2. The van der Waals surface area contributed by atoms with Gasteiger partial charge in [0.05, 0.1) is 0 Å². The molecule has 3 rings (SSSR count). The van der Waals surface area contributed by atoms with Crippen molar-refractivity contribution in [3.63, 3.8) is 0 Å². The summed E-state index contributed by atoms with van der Waals surface area (Å²) in [5.41, 5.74) is 2.30. The van der Waals surface area contributed by atoms with Gasteiger partial charge in [-0.1, -0.05) is 49.7 Å². The molecule has 3 aromatic rings. The maximum Gasteiger partial charge on any atom is 0.272 e. The van der Waals surface area contributed by atoms with E-state index >= 15 is 0 Å². The minimum absolute atomic E-state index is 0.0996. The average Bonchev–Trinajstić information content (AvgIpc) is 2.76. The highest BCUT2D eigenvalue weighted by Crippen LogP contribution is 2.19. The molecule has 0 unspecified atom stereocenters. The van der Waals surface area contributed by atoms with Crippen LogP contribution in [0.25, 0.3) is 11.4 Å². The van der Waals surface area contributed by atoms with E-state index in [1.165, 1.54) is 0 Å². The zero-order valence-corrected chi connectivity index (χ0v) is 16.3. The summed E-state index contributed by atoms with van der Waals surface area (Å²) >= 11 is 0. The summed E-state index contributed by atoms with van der Waals surface area (Å²) in [5.74, 6) is 1.05. The number of hydrogen-bond acceptors (Lipinski definition) is 5. The zero-order chi connectivity index (χ0) is 19.8. The summed E-state index contributed by atoms with van der Waals surface area (Å²) in [7, 11) is 1.81. The standard InChI is InChI=1S/C22H25N5O/c1-3-4-13-27(2)22(28)19-14-20(24-16-17-9-8-12-23-15-17)26-21(25-19)18-10-6-5-7-11-18/h5-12,14-15H,3-4,13,16H2,1-2H3,(H,24,25,26). The monoisotopic (exact) mass is 375 g/mol. The molecular weight excluding hydrogens is 350 g/mol. The molecule has 2 heterocycles. The topological polar surface area (TPSA) is 71.0 Å². The molecule has 1 amide bonds. The van der Waals surface area contributed by atoms with E-state index < -0.39 is 0 Å². The third kappa shape index (κ3) is 5.13. The molecule has 0 radical (unpaired) electrons. The first-order chi connectivity index (χ1) is 13.7. The van der Waals surface area contributed by atoms with Crippen LogP contribution in [-0.2, 0) is 6.54 Å². The number of hydrogen-bond donors (Lipinski definition) is 1. The van der Waals surface area contributed by atoms with E-state index in [1.54, 1.807) is 23.4 Å². The molecule has 0 aliphatic rings. The largest absolute Gasteiger partial charge is 0.366 e. The van der Waals surface area contributed by atoms with Crippen LogP contribution in [0.5, 0.6) is 0 Å². The van der Waals surface area contributed by atoms with Crippen LogP contribution in [0.15, 0.2) is 60.9 Å². The lowest BCUT2D eigenvalue weighted by atomic mass is 10.2. The van der Waals surface area contributed by atoms with Gasteiger partial charge >= 0.3 is 0 Å². The van der Waals surface area contributed by atoms with Gasteiger partial charge in [-0.05, 0) is 18.1 Å². The van der Waals surface area contributed by atoms with Crippen LogP contribution in [0.3, 0.4) is 0 Å². The minimum Gasteiger partial charge on any atom is -0.366 e. The molecule has 0 aliphatic carbocycles. The van der Waals surface area contributed by atoms with Crippen LogP contribution in [0, 0.1) is 0 Å². The Morgan fingerprint density at radius 1 is 1.11 bits per heavy atom. The Bertz CT molecular complexity index is 899. The molecule has 144 valence electrons. The number of nitrogens with one attached hydrogen (secondary N) is 1. The third-order valence-corrected chi connectivity index (χ3v) is 4.37. The van der Waals surface area contributed by atoms with E-state index in [1.807, 2.05) is 49.5 Å². The molecule has 0 saturated carbocycles. The van der Waals surface area contributed by atoms with Crippen molar-refractivity contribution >= 4 is 11.7 Å². The number of carbonyl (C=O) groups excluding carboxylic acids is 1. The van der Waals surface area contributed by atoms with Crippen molar-refractivity contribution in [2.75, 3.05) is 18.9 Å². The first-order valence-corrected chi connectivity index (χ1v) is 9.50. The molecule has 0 saturated heterocycles. The number of aromatic nitrogens is 3. The van der Waals surface area contributed by atoms with E-state index in [-0.39, 0.29) is 5.91 Å². The lowest BCUT2D eigenvalue weighted by Crippen LogP contribution is -2.28. The van der Waals surface area contributed by atoms with E-state index in [4.69, 9.17) is 0 Å². The summed E-state index contributed by atoms with van der Waals surface area (Å²) in [6.45, 7) is 3.38. The molecule has 1 aromatic carbocycles. The van der Waals surface area contributed by atoms with Crippen molar-refractivity contribution in [3.8, 4) is 11.4 Å². The number of anilines is 1. The number of amides is 1. The van der Waals surface area contributed by atoms with Crippen molar-refractivity contribution in [1.82, 2.24) is 19.9 Å². The van der Waals surface area contributed by atoms with Crippen LogP contribution in [-0.4, -0.2) is 39.4 Å². The maximum absolute atomic E-state index is 12.9. The molecular formula is C22H25N5O. The number of benzene rings is 1. The van der Waals surface area contributed by atoms with Crippen molar-refractivity contribution in [2.45, 2.75) is 26.3 Å². The van der Waals surface area contributed by atoms with Crippen LogP contribution in [0.4, 0.5) is 5.82 Å². The van der Waals surface area contributed by atoms with Gasteiger partial charge in [-0.25, -0.2) is 9.97 Å². The maximum atomic E-state index is 12.9. The van der Waals surface area contributed by atoms with Gasteiger partial charge in [-0.2, -0.15) is 0 Å². The zero-order valence-electron chi connectivity index (χ0n) is 16.3. The van der Waals surface area contributed by atoms with Crippen LogP contribution in [0.2, 0.25) is 0 Å². The number of rotatable bonds is 8. The Morgan fingerprint density at radius 2 is 1.93 bits per heavy atom. The Labute approximate surface area is 165 Å². The summed E-state index contributed by atoms with van der Waals surface area (Å²) in [5, 5.41) is 3.29. The van der Waals surface area contributed by atoms with Crippen LogP contribution >= 0.6 is 0 Å². The predicted octanol–water partition coefficient (Wildman–Crippen LogP) is 4.02. The lowest BCUT2D eigenvalue weighted by molar-refractivity contribution is 0.0787. The fraction of sp³-hybridized carbons (Fsp3) is 0.273. The van der Waals surface area contributed by atoms with E-state index in [9.17, 15) is 4.79 Å². The van der Waals surface area contributed by atoms with Gasteiger partial charge in [-0.3, -0.25) is 9.78 Å². The molecule has 6 nitrogen and oxygen atoms in total. The molecule has 0 fully saturated rings. The third-order valence-electron chi connectivity index (χ3n) is 4.37.